The summed E-state index contributed by atoms with van der Waals surface area (Å²) in [6.07, 6.45) is -0.516. The fourth-order valence-electron chi connectivity index (χ4n) is 4.63. The van der Waals surface area contributed by atoms with Crippen LogP contribution in [0.3, 0.4) is 0 Å². The Morgan fingerprint density at radius 3 is 1.97 bits per heavy atom. The summed E-state index contributed by atoms with van der Waals surface area (Å²) >= 11 is 1.15. The Bertz CT molecular complexity index is 1450. The fourth-order valence-corrected chi connectivity index (χ4v) is 5.30. The van der Waals surface area contributed by atoms with Crippen LogP contribution in [0.15, 0.2) is 109 Å². The van der Waals surface area contributed by atoms with Crippen LogP contribution in [0.2, 0.25) is 0 Å². The summed E-state index contributed by atoms with van der Waals surface area (Å²) in [4.78, 5) is 6.35. The maximum atomic E-state index is 11.9. The molecule has 0 saturated carbocycles. The van der Waals surface area contributed by atoms with Crippen LogP contribution in [0.4, 0.5) is 5.69 Å². The zero-order chi connectivity index (χ0) is 25.0. The molecule has 1 aliphatic rings. The van der Waals surface area contributed by atoms with Crippen LogP contribution in [-0.4, -0.2) is 30.0 Å². The molecule has 5 aromatic rings. The molecule has 3 atom stereocenters. The van der Waals surface area contributed by atoms with Crippen molar-refractivity contribution in [1.82, 2.24) is 4.98 Å². The largest absolute Gasteiger partial charge is 0.486 e. The summed E-state index contributed by atoms with van der Waals surface area (Å²) in [5, 5.41) is 11.7. The molecule has 0 spiro atoms. The van der Waals surface area contributed by atoms with E-state index < -0.39 is 12.3 Å². The number of para-hydroxylation sites is 3. The number of hydrogen-bond donors (Lipinski definition) is 0. The number of thiazole rings is 1. The van der Waals surface area contributed by atoms with Crippen LogP contribution in [0, 0.1) is 0 Å². The third kappa shape index (κ3) is 5.17. The first-order valence-corrected chi connectivity index (χ1v) is 13.0. The van der Waals surface area contributed by atoms with Gasteiger partial charge in [-0.3, -0.25) is 5.11 Å². The molecule has 4 aromatic carbocycles. The van der Waals surface area contributed by atoms with E-state index in [1.807, 2.05) is 109 Å². The van der Waals surface area contributed by atoms with E-state index in [1.54, 1.807) is 0 Å². The molecule has 1 radical (unpaired) electrons. The Kier molecular flexibility index (Phi) is 6.52. The molecule has 0 amide bonds. The van der Waals surface area contributed by atoms with Crippen LogP contribution in [0.1, 0.15) is 6.42 Å². The van der Waals surface area contributed by atoms with Crippen molar-refractivity contribution in [3.8, 4) is 22.4 Å². The molecule has 2 heterocycles. The topological polar surface area (TPSA) is 63.7 Å². The molecule has 6 rings (SSSR count). The van der Waals surface area contributed by atoms with Crippen LogP contribution >= 0.6 is 11.3 Å². The molecule has 185 valence electrons. The van der Waals surface area contributed by atoms with Gasteiger partial charge in [-0.1, -0.05) is 65.9 Å². The van der Waals surface area contributed by atoms with Crippen LogP contribution < -0.4 is 19.1 Å². The third-order valence-electron chi connectivity index (χ3n) is 6.34. The second-order valence-corrected chi connectivity index (χ2v) is 9.79. The monoisotopic (exact) mass is 509 g/mol. The minimum absolute atomic E-state index is 0.190. The highest BCUT2D eigenvalue weighted by molar-refractivity contribution is 7.20. The van der Waals surface area contributed by atoms with Gasteiger partial charge in [0.2, 0.25) is 6.23 Å². The third-order valence-corrected chi connectivity index (χ3v) is 7.17. The van der Waals surface area contributed by atoms with Crippen LogP contribution in [-0.2, 0) is 5.11 Å². The number of hydrogen-bond acceptors (Lipinski definition) is 6. The van der Waals surface area contributed by atoms with E-state index in [9.17, 15) is 5.11 Å². The summed E-state index contributed by atoms with van der Waals surface area (Å²) in [5.41, 5.74) is 1.60. The number of nitrogens with zero attached hydrogens (tertiary/aromatic N) is 2. The minimum Gasteiger partial charge on any atom is -0.486 e. The van der Waals surface area contributed by atoms with E-state index in [2.05, 4.69) is 9.88 Å². The van der Waals surface area contributed by atoms with E-state index >= 15 is 0 Å². The van der Waals surface area contributed by atoms with E-state index in [-0.39, 0.29) is 11.3 Å². The quantitative estimate of drug-likeness (QED) is 0.238. The van der Waals surface area contributed by atoms with Crippen molar-refractivity contribution in [2.75, 3.05) is 11.4 Å². The molecule has 0 aliphatic carbocycles. The van der Waals surface area contributed by atoms with Gasteiger partial charge in [0.1, 0.15) is 23.4 Å². The predicted octanol–water partition coefficient (Wildman–Crippen LogP) is 6.95. The van der Waals surface area contributed by atoms with E-state index in [0.717, 1.165) is 39.0 Å². The number of benzene rings is 4. The lowest BCUT2D eigenvalue weighted by atomic mass is 10.0. The number of aromatic nitrogens is 1. The lowest BCUT2D eigenvalue weighted by Gasteiger charge is -2.45. The van der Waals surface area contributed by atoms with Gasteiger partial charge in [0, 0.05) is 18.7 Å². The minimum atomic E-state index is -0.507. The van der Waals surface area contributed by atoms with Crippen molar-refractivity contribution in [1.29, 1.82) is 0 Å². The highest BCUT2D eigenvalue weighted by atomic mass is 32.1. The highest BCUT2D eigenvalue weighted by Gasteiger charge is 2.43. The lowest BCUT2D eigenvalue weighted by Crippen LogP contribution is -2.61. The molecular weight excluding hydrogens is 484 g/mol. The predicted molar refractivity (Wildman–Crippen MR) is 144 cm³/mol. The Morgan fingerprint density at radius 2 is 1.32 bits per heavy atom. The van der Waals surface area contributed by atoms with Crippen molar-refractivity contribution >= 4 is 27.2 Å². The fraction of sp³-hybridized carbons (Fsp3) is 0.167. The van der Waals surface area contributed by atoms with E-state index in [1.165, 1.54) is 0 Å². The molecule has 6 nitrogen and oxygen atoms in total. The van der Waals surface area contributed by atoms with Gasteiger partial charge in [0.15, 0.2) is 6.10 Å². The van der Waals surface area contributed by atoms with Gasteiger partial charge in [-0.15, -0.1) is 0 Å². The molecule has 1 aliphatic heterocycles. The molecule has 0 N–H and O–H groups in total. The van der Waals surface area contributed by atoms with Gasteiger partial charge in [-0.25, -0.2) is 0 Å². The van der Waals surface area contributed by atoms with Crippen molar-refractivity contribution in [3.63, 3.8) is 0 Å². The molecule has 7 heteroatoms. The maximum Gasteiger partial charge on any atom is 0.327 e. The number of fused-ring (bicyclic) bond motifs is 1. The van der Waals surface area contributed by atoms with Crippen molar-refractivity contribution < 1.29 is 19.3 Å². The number of rotatable bonds is 7. The summed E-state index contributed by atoms with van der Waals surface area (Å²) < 4.78 is 20.6. The molecule has 1 aromatic heterocycles. The molecule has 3 unspecified atom stereocenters. The molecule has 1 fully saturated rings. The first-order valence-electron chi connectivity index (χ1n) is 12.2. The lowest BCUT2D eigenvalue weighted by molar-refractivity contribution is -0.0429. The van der Waals surface area contributed by atoms with Crippen molar-refractivity contribution in [2.45, 2.75) is 24.9 Å². The normalized spacial score (nSPS) is 19.5. The number of piperidine rings is 1. The first kappa shape index (κ1) is 23.2. The van der Waals surface area contributed by atoms with Gasteiger partial charge >= 0.3 is 5.19 Å². The van der Waals surface area contributed by atoms with Crippen LogP contribution in [0.5, 0.6) is 22.4 Å². The van der Waals surface area contributed by atoms with Crippen molar-refractivity contribution in [3.05, 3.63) is 109 Å². The molecule has 37 heavy (non-hydrogen) atoms. The maximum absolute atomic E-state index is 11.9. The average molecular weight is 510 g/mol. The highest BCUT2D eigenvalue weighted by Crippen LogP contribution is 2.35. The summed E-state index contributed by atoms with van der Waals surface area (Å²) in [7, 11) is 0. The van der Waals surface area contributed by atoms with Crippen molar-refractivity contribution in [2.24, 2.45) is 0 Å². The van der Waals surface area contributed by atoms with Gasteiger partial charge in [-0.05, 0) is 54.6 Å². The Balaban J connectivity index is 1.40. The summed E-state index contributed by atoms with van der Waals surface area (Å²) in [6, 6.07) is 35.2. The smallest absolute Gasteiger partial charge is 0.327 e. The molecule has 0 bridgehead atoms. The summed E-state index contributed by atoms with van der Waals surface area (Å²) in [5.74, 6) is 2.26. The Labute approximate surface area is 219 Å². The van der Waals surface area contributed by atoms with E-state index in [0.29, 0.717) is 18.5 Å². The van der Waals surface area contributed by atoms with E-state index in [4.69, 9.17) is 14.2 Å². The first-order chi connectivity index (χ1) is 18.2. The second-order valence-electron chi connectivity index (χ2n) is 8.80. The van der Waals surface area contributed by atoms with Gasteiger partial charge in [0.05, 0.1) is 10.2 Å². The molecule has 1 saturated heterocycles. The standard InChI is InChI=1S/C30H25N2O4S/c33-30-31-25-20-21(16-17-27(25)37-30)32-19-18-26(34-22-10-4-1-5-11-22)28(35-23-12-6-2-7-13-23)29(32)36-24-14-8-3-9-15-24/h1-17,20,26,28-29H,18-19H2. The average Bonchev–Trinajstić information content (AvgIpc) is 3.31. The van der Waals surface area contributed by atoms with Gasteiger partial charge in [0.25, 0.3) is 0 Å². The van der Waals surface area contributed by atoms with Gasteiger partial charge < -0.3 is 19.1 Å². The zero-order valence-corrected chi connectivity index (χ0v) is 20.8. The SMILES string of the molecule is [O]c1nc2cc(N3CCC(Oc4ccccc4)C(Oc4ccccc4)C3Oc3ccccc3)ccc2s1. The Hall–Kier alpha value is -4.23. The summed E-state index contributed by atoms with van der Waals surface area (Å²) in [6.45, 7) is 0.670. The Morgan fingerprint density at radius 1 is 0.730 bits per heavy atom. The molecular formula is C30H25N2O4S. The number of anilines is 1. The number of ether oxygens (including phenoxy) is 3. The zero-order valence-electron chi connectivity index (χ0n) is 20.0. The second kappa shape index (κ2) is 10.4. The van der Waals surface area contributed by atoms with Gasteiger partial charge in [-0.2, -0.15) is 4.98 Å². The van der Waals surface area contributed by atoms with Crippen LogP contribution in [0.25, 0.3) is 10.2 Å².